The second-order valence-corrected chi connectivity index (χ2v) is 5.25. The lowest BCUT2D eigenvalue weighted by Crippen LogP contribution is -2.24. The number of nitrogens with one attached hydrogen (secondary N) is 1. The van der Waals surface area contributed by atoms with Crippen molar-refractivity contribution in [2.75, 3.05) is 5.32 Å². The molecule has 1 aromatic heterocycles. The average molecular weight is 364 g/mol. The number of anilines is 1. The van der Waals surface area contributed by atoms with Crippen molar-refractivity contribution in [3.05, 3.63) is 60.4 Å². The lowest BCUT2D eigenvalue weighted by atomic mass is 10.1. The normalized spacial score (nSPS) is 11.6. The van der Waals surface area contributed by atoms with Crippen LogP contribution in [0.5, 0.6) is 0 Å². The molecule has 0 fully saturated rings. The molecule has 0 bridgehead atoms. The van der Waals surface area contributed by atoms with Crippen molar-refractivity contribution < 1.29 is 19.6 Å². The third-order valence-electron chi connectivity index (χ3n) is 3.59. The van der Waals surface area contributed by atoms with Crippen molar-refractivity contribution in [1.82, 2.24) is 9.78 Å². The van der Waals surface area contributed by atoms with E-state index < -0.39 is 38.1 Å². The van der Waals surface area contributed by atoms with Crippen molar-refractivity contribution >= 4 is 28.7 Å². The zero-order valence-electron chi connectivity index (χ0n) is 13.5. The van der Waals surface area contributed by atoms with Crippen LogP contribution in [0.3, 0.4) is 0 Å². The van der Waals surface area contributed by atoms with E-state index >= 15 is 0 Å². The second-order valence-electron chi connectivity index (χ2n) is 5.25. The van der Waals surface area contributed by atoms with Crippen molar-refractivity contribution in [1.29, 1.82) is 0 Å². The van der Waals surface area contributed by atoms with Gasteiger partial charge in [0.2, 0.25) is 5.91 Å². The van der Waals surface area contributed by atoms with E-state index in [1.807, 2.05) is 0 Å². The third kappa shape index (κ3) is 3.61. The van der Waals surface area contributed by atoms with Crippen molar-refractivity contribution in [2.45, 2.75) is 19.9 Å². The Morgan fingerprint density at radius 1 is 1.12 bits per heavy atom. The first-order valence-corrected chi connectivity index (χ1v) is 7.04. The smallest absolute Gasteiger partial charge is 0.307 e. The molecule has 13 heteroatoms. The number of nitrogens with zero attached hydrogens (tertiary/aromatic N) is 5. The standard InChI is InChI=1S/C13H12N6O7/c1-7-11(18(23)24)3-9(4-12(7)19(25)26)15-13(20)8(2)16-6-10(5-14-16)17(21)22/h3-6,8H,1-2H3,(H,15,20). The van der Waals surface area contributed by atoms with Gasteiger partial charge in [-0.05, 0) is 13.8 Å². The fraction of sp³-hybridized carbons (Fsp3) is 0.231. The Hall–Kier alpha value is -3.90. The van der Waals surface area contributed by atoms with Crippen molar-refractivity contribution in [2.24, 2.45) is 0 Å². The third-order valence-corrected chi connectivity index (χ3v) is 3.59. The summed E-state index contributed by atoms with van der Waals surface area (Å²) in [5.74, 6) is -0.713. The van der Waals surface area contributed by atoms with Gasteiger partial charge in [0.15, 0.2) is 0 Å². The van der Waals surface area contributed by atoms with Crippen LogP contribution in [0.25, 0.3) is 0 Å². The van der Waals surface area contributed by atoms with Crippen LogP contribution < -0.4 is 5.32 Å². The molecule has 13 nitrogen and oxygen atoms in total. The molecule has 0 saturated carbocycles. The number of hydrogen-bond acceptors (Lipinski definition) is 8. The minimum Gasteiger partial charge on any atom is -0.324 e. The molecule has 1 aromatic carbocycles. The van der Waals surface area contributed by atoms with E-state index in [1.54, 1.807) is 0 Å². The molecule has 1 unspecified atom stereocenters. The molecule has 1 amide bonds. The van der Waals surface area contributed by atoms with Gasteiger partial charge in [-0.1, -0.05) is 0 Å². The van der Waals surface area contributed by atoms with Gasteiger partial charge in [0.1, 0.15) is 24.0 Å². The zero-order chi connectivity index (χ0) is 19.6. The van der Waals surface area contributed by atoms with Crippen LogP contribution in [0.4, 0.5) is 22.7 Å². The highest BCUT2D eigenvalue weighted by molar-refractivity contribution is 5.94. The highest BCUT2D eigenvalue weighted by Gasteiger charge is 2.25. The van der Waals surface area contributed by atoms with Crippen LogP contribution in [-0.4, -0.2) is 30.5 Å². The van der Waals surface area contributed by atoms with Crippen LogP contribution in [0.1, 0.15) is 18.5 Å². The first-order valence-electron chi connectivity index (χ1n) is 7.04. The molecule has 0 radical (unpaired) electrons. The number of benzene rings is 1. The van der Waals surface area contributed by atoms with Gasteiger partial charge in [0.05, 0.1) is 20.5 Å². The first kappa shape index (κ1) is 18.4. The molecule has 1 atom stereocenters. The largest absolute Gasteiger partial charge is 0.324 e. The summed E-state index contributed by atoms with van der Waals surface area (Å²) < 4.78 is 1.03. The summed E-state index contributed by atoms with van der Waals surface area (Å²) in [6.45, 7) is 2.62. The summed E-state index contributed by atoms with van der Waals surface area (Å²) >= 11 is 0. The second kappa shape index (κ2) is 6.92. The van der Waals surface area contributed by atoms with Gasteiger partial charge < -0.3 is 5.32 Å². The Morgan fingerprint density at radius 2 is 1.65 bits per heavy atom. The molecular weight excluding hydrogens is 352 g/mol. The van der Waals surface area contributed by atoms with Crippen LogP contribution in [-0.2, 0) is 4.79 Å². The fourth-order valence-electron chi connectivity index (χ4n) is 2.14. The van der Waals surface area contributed by atoms with Crippen LogP contribution in [0.2, 0.25) is 0 Å². The minimum atomic E-state index is -0.997. The summed E-state index contributed by atoms with van der Waals surface area (Å²) in [5, 5.41) is 38.8. The van der Waals surface area contributed by atoms with Gasteiger partial charge in [-0.15, -0.1) is 0 Å². The maximum Gasteiger partial charge on any atom is 0.307 e. The Bertz CT molecular complexity index is 886. The fourth-order valence-corrected chi connectivity index (χ4v) is 2.14. The van der Waals surface area contributed by atoms with Crippen LogP contribution in [0, 0.1) is 37.3 Å². The van der Waals surface area contributed by atoms with Gasteiger partial charge in [-0.2, -0.15) is 5.10 Å². The minimum absolute atomic E-state index is 0.145. The summed E-state index contributed by atoms with van der Waals surface area (Å²) in [6, 6.07) is 1.000. The summed E-state index contributed by atoms with van der Waals surface area (Å²) in [5.41, 5.74) is -1.64. The maximum atomic E-state index is 12.3. The molecule has 0 aliphatic carbocycles. The number of nitro benzene ring substituents is 2. The Balaban J connectivity index is 2.31. The van der Waals surface area contributed by atoms with Crippen molar-refractivity contribution in [3.63, 3.8) is 0 Å². The van der Waals surface area contributed by atoms with E-state index in [4.69, 9.17) is 0 Å². The van der Waals surface area contributed by atoms with Crippen LogP contribution >= 0.6 is 0 Å². The van der Waals surface area contributed by atoms with E-state index in [1.165, 1.54) is 13.8 Å². The summed E-state index contributed by atoms with van der Waals surface area (Å²) in [4.78, 5) is 42.7. The molecule has 0 spiro atoms. The number of aromatic nitrogens is 2. The summed E-state index contributed by atoms with van der Waals surface area (Å²) in [6.07, 6.45) is 2.01. The van der Waals surface area contributed by atoms with Crippen LogP contribution in [0.15, 0.2) is 24.5 Å². The molecule has 0 aliphatic heterocycles. The first-order chi connectivity index (χ1) is 12.1. The topological polar surface area (TPSA) is 176 Å². The molecule has 0 saturated heterocycles. The van der Waals surface area contributed by atoms with E-state index in [0.29, 0.717) is 0 Å². The number of carbonyl (C=O) groups is 1. The highest BCUT2D eigenvalue weighted by Crippen LogP contribution is 2.32. The Labute approximate surface area is 144 Å². The monoisotopic (exact) mass is 364 g/mol. The number of amides is 1. The van der Waals surface area contributed by atoms with Crippen molar-refractivity contribution in [3.8, 4) is 0 Å². The predicted molar refractivity (Wildman–Crippen MR) is 86.7 cm³/mol. The number of rotatable bonds is 6. The van der Waals surface area contributed by atoms with Gasteiger partial charge in [-0.3, -0.25) is 39.8 Å². The Kier molecular flexibility index (Phi) is 4.91. The number of carbonyl (C=O) groups excluding carboxylic acids is 1. The molecule has 1 heterocycles. The molecular formula is C13H12N6O7. The number of hydrogen-bond donors (Lipinski definition) is 1. The molecule has 1 N–H and O–H groups in total. The average Bonchev–Trinajstić information content (AvgIpc) is 3.05. The molecule has 136 valence electrons. The zero-order valence-corrected chi connectivity index (χ0v) is 13.5. The van der Waals surface area contributed by atoms with Gasteiger partial charge >= 0.3 is 5.69 Å². The van der Waals surface area contributed by atoms with E-state index in [0.717, 1.165) is 29.2 Å². The lowest BCUT2D eigenvalue weighted by Gasteiger charge is -2.12. The van der Waals surface area contributed by atoms with Gasteiger partial charge in [-0.25, -0.2) is 0 Å². The molecule has 26 heavy (non-hydrogen) atoms. The Morgan fingerprint density at radius 3 is 2.08 bits per heavy atom. The highest BCUT2D eigenvalue weighted by atomic mass is 16.6. The predicted octanol–water partition coefficient (Wildman–Crippen LogP) is 2.12. The van der Waals surface area contributed by atoms with Gasteiger partial charge in [0.25, 0.3) is 11.4 Å². The molecule has 2 aromatic rings. The molecule has 2 rings (SSSR count). The quantitative estimate of drug-likeness (QED) is 0.598. The summed E-state index contributed by atoms with van der Waals surface area (Å²) in [7, 11) is 0. The lowest BCUT2D eigenvalue weighted by molar-refractivity contribution is -0.395. The SMILES string of the molecule is Cc1c([N+](=O)[O-])cc(NC(=O)C(C)n2cc([N+](=O)[O-])cn2)cc1[N+](=O)[O-]. The maximum absolute atomic E-state index is 12.3. The number of nitro groups is 3. The van der Waals surface area contributed by atoms with E-state index in [-0.39, 0.29) is 16.9 Å². The van der Waals surface area contributed by atoms with E-state index in [2.05, 4.69) is 10.4 Å². The van der Waals surface area contributed by atoms with E-state index in [9.17, 15) is 35.1 Å². The molecule has 0 aliphatic rings. The van der Waals surface area contributed by atoms with Gasteiger partial charge in [0, 0.05) is 12.1 Å².